The van der Waals surface area contributed by atoms with E-state index in [1.807, 2.05) is 13.8 Å². The fourth-order valence-corrected chi connectivity index (χ4v) is 3.94. The third kappa shape index (κ3) is 4.68. The Morgan fingerprint density at radius 2 is 1.53 bits per heavy atom. The lowest BCUT2D eigenvalue weighted by Crippen LogP contribution is -2.31. The normalized spacial score (nSPS) is 13.9. The van der Waals surface area contributed by atoms with E-state index in [4.69, 9.17) is 9.47 Å². The lowest BCUT2D eigenvalue weighted by atomic mass is 10.1. The Labute approximate surface area is 180 Å². The van der Waals surface area contributed by atoms with Crippen LogP contribution in [-0.2, 0) is 9.59 Å². The summed E-state index contributed by atoms with van der Waals surface area (Å²) in [4.78, 5) is 27.9. The van der Waals surface area contributed by atoms with Gasteiger partial charge in [-0.3, -0.25) is 9.59 Å². The summed E-state index contributed by atoms with van der Waals surface area (Å²) < 4.78 is 11.0. The fraction of sp³-hybridized carbons (Fsp3) is 0.304. The molecule has 0 aromatic heterocycles. The first-order valence-electron chi connectivity index (χ1n) is 9.93. The number of nitrogens with zero attached hydrogens (tertiary/aromatic N) is 1. The number of ether oxygens (including phenoxy) is 2. The van der Waals surface area contributed by atoms with Gasteiger partial charge in [-0.1, -0.05) is 19.1 Å². The van der Waals surface area contributed by atoms with Crippen LogP contribution in [0.3, 0.4) is 0 Å². The molecule has 2 aromatic rings. The van der Waals surface area contributed by atoms with Crippen LogP contribution in [0.1, 0.15) is 25.8 Å². The van der Waals surface area contributed by atoms with Crippen LogP contribution in [0.25, 0.3) is 5.57 Å². The van der Waals surface area contributed by atoms with E-state index in [1.165, 1.54) is 16.7 Å². The molecule has 0 atom stereocenters. The summed E-state index contributed by atoms with van der Waals surface area (Å²) in [6.07, 6.45) is 0.902. The summed E-state index contributed by atoms with van der Waals surface area (Å²) in [5, 5.41) is 9.23. The number of hydrogen-bond donors (Lipinski definition) is 1. The van der Waals surface area contributed by atoms with Crippen LogP contribution in [0.4, 0.5) is 5.69 Å². The molecule has 2 amide bonds. The van der Waals surface area contributed by atoms with Crippen LogP contribution < -0.4 is 14.4 Å². The second-order valence-electron chi connectivity index (χ2n) is 6.52. The minimum Gasteiger partial charge on any atom is -0.494 e. The number of benzene rings is 2. The van der Waals surface area contributed by atoms with Crippen molar-refractivity contribution in [1.82, 2.24) is 0 Å². The minimum atomic E-state index is -0.385. The smallest absolute Gasteiger partial charge is 0.272 e. The zero-order valence-electron chi connectivity index (χ0n) is 17.1. The molecule has 158 valence electrons. The Morgan fingerprint density at radius 3 is 2.13 bits per heavy atom. The van der Waals surface area contributed by atoms with Gasteiger partial charge in [0.1, 0.15) is 11.5 Å². The van der Waals surface area contributed by atoms with Crippen molar-refractivity contribution in [3.8, 4) is 11.5 Å². The number of carbonyl (C=O) groups is 2. The second-order valence-corrected chi connectivity index (χ2v) is 7.63. The first-order chi connectivity index (χ1) is 14.6. The Hall–Kier alpha value is -2.77. The van der Waals surface area contributed by atoms with Gasteiger partial charge in [0.2, 0.25) is 0 Å². The molecule has 0 fully saturated rings. The van der Waals surface area contributed by atoms with E-state index in [1.54, 1.807) is 48.5 Å². The molecule has 0 radical (unpaired) electrons. The highest BCUT2D eigenvalue weighted by molar-refractivity contribution is 8.04. The number of aliphatic hydroxyl groups excluding tert-OH is 1. The molecule has 0 unspecified atom stereocenters. The summed E-state index contributed by atoms with van der Waals surface area (Å²) >= 11 is 1.19. The van der Waals surface area contributed by atoms with Gasteiger partial charge in [0, 0.05) is 5.75 Å². The van der Waals surface area contributed by atoms with E-state index < -0.39 is 0 Å². The van der Waals surface area contributed by atoms with Crippen molar-refractivity contribution in [1.29, 1.82) is 0 Å². The van der Waals surface area contributed by atoms with Crippen LogP contribution in [0.15, 0.2) is 53.4 Å². The fourth-order valence-electron chi connectivity index (χ4n) is 3.08. The molecule has 1 aliphatic rings. The zero-order valence-corrected chi connectivity index (χ0v) is 17.9. The molecule has 0 bridgehead atoms. The van der Waals surface area contributed by atoms with Gasteiger partial charge >= 0.3 is 0 Å². The average Bonchev–Trinajstić information content (AvgIpc) is 3.01. The van der Waals surface area contributed by atoms with E-state index >= 15 is 0 Å². The number of imide groups is 1. The number of carbonyl (C=O) groups excluding carboxylic acids is 2. The predicted octanol–water partition coefficient (Wildman–Crippen LogP) is 3.88. The van der Waals surface area contributed by atoms with Gasteiger partial charge in [-0.25, -0.2) is 4.90 Å². The third-order valence-corrected chi connectivity index (χ3v) is 5.45. The third-order valence-electron chi connectivity index (χ3n) is 4.40. The van der Waals surface area contributed by atoms with Gasteiger partial charge in [-0.2, -0.15) is 0 Å². The summed E-state index contributed by atoms with van der Waals surface area (Å²) in [6.45, 7) is 4.98. The maximum Gasteiger partial charge on any atom is 0.272 e. The number of anilines is 1. The van der Waals surface area contributed by atoms with Crippen LogP contribution in [0.5, 0.6) is 11.5 Å². The average molecular weight is 428 g/mol. The first-order valence-corrected chi connectivity index (χ1v) is 10.9. The van der Waals surface area contributed by atoms with E-state index in [0.717, 1.165) is 6.42 Å². The molecule has 0 saturated carbocycles. The van der Waals surface area contributed by atoms with Crippen molar-refractivity contribution in [2.75, 3.05) is 30.5 Å². The van der Waals surface area contributed by atoms with E-state index in [9.17, 15) is 14.7 Å². The highest BCUT2D eigenvalue weighted by Gasteiger charge is 2.40. The van der Waals surface area contributed by atoms with Crippen molar-refractivity contribution in [3.05, 3.63) is 59.0 Å². The van der Waals surface area contributed by atoms with Gasteiger partial charge in [0.25, 0.3) is 11.8 Å². The van der Waals surface area contributed by atoms with Crippen molar-refractivity contribution < 1.29 is 24.2 Å². The van der Waals surface area contributed by atoms with Crippen molar-refractivity contribution >= 4 is 34.8 Å². The lowest BCUT2D eigenvalue weighted by Gasteiger charge is -2.16. The standard InChI is InChI=1S/C23H25NO5S/c1-3-14-29-19-9-5-16(6-10-19)20-21(30-15-13-25)23(27)24(22(20)26)17-7-11-18(12-8-17)28-4-2/h5-12,25H,3-4,13-15H2,1-2H3. The van der Waals surface area contributed by atoms with Gasteiger partial charge in [-0.15, -0.1) is 11.8 Å². The quantitative estimate of drug-likeness (QED) is 0.580. The molecule has 0 saturated heterocycles. The molecule has 1 heterocycles. The molecular weight excluding hydrogens is 402 g/mol. The van der Waals surface area contributed by atoms with Crippen molar-refractivity contribution in [2.45, 2.75) is 20.3 Å². The van der Waals surface area contributed by atoms with Crippen molar-refractivity contribution in [3.63, 3.8) is 0 Å². The van der Waals surface area contributed by atoms with Gasteiger partial charge in [-0.05, 0) is 55.3 Å². The molecule has 30 heavy (non-hydrogen) atoms. The van der Waals surface area contributed by atoms with Gasteiger partial charge in [0.15, 0.2) is 0 Å². The topological polar surface area (TPSA) is 76.1 Å². The first kappa shape index (κ1) is 21.9. The molecule has 1 aliphatic heterocycles. The van der Waals surface area contributed by atoms with E-state index in [0.29, 0.717) is 52.2 Å². The Balaban J connectivity index is 1.93. The van der Waals surface area contributed by atoms with Gasteiger partial charge < -0.3 is 14.6 Å². The van der Waals surface area contributed by atoms with Gasteiger partial charge in [0.05, 0.1) is 36.0 Å². The zero-order chi connectivity index (χ0) is 21.5. The Kier molecular flexibility index (Phi) is 7.54. The molecule has 1 N–H and O–H groups in total. The number of thioether (sulfide) groups is 1. The summed E-state index contributed by atoms with van der Waals surface area (Å²) in [7, 11) is 0. The molecule has 3 rings (SSSR count). The van der Waals surface area contributed by atoms with Crippen LogP contribution >= 0.6 is 11.8 Å². The molecule has 6 nitrogen and oxygen atoms in total. The van der Waals surface area contributed by atoms with E-state index in [2.05, 4.69) is 0 Å². The number of aliphatic hydroxyl groups is 1. The highest BCUT2D eigenvalue weighted by atomic mass is 32.2. The predicted molar refractivity (Wildman–Crippen MR) is 119 cm³/mol. The largest absolute Gasteiger partial charge is 0.494 e. The summed E-state index contributed by atoms with van der Waals surface area (Å²) in [5.41, 5.74) is 1.47. The maximum absolute atomic E-state index is 13.3. The SMILES string of the molecule is CCCOc1ccc(C2=C(SCCO)C(=O)N(c3ccc(OCC)cc3)C2=O)cc1. The minimum absolute atomic E-state index is 0.0875. The van der Waals surface area contributed by atoms with Crippen LogP contribution in [0.2, 0.25) is 0 Å². The van der Waals surface area contributed by atoms with Crippen LogP contribution in [-0.4, -0.2) is 42.5 Å². The lowest BCUT2D eigenvalue weighted by molar-refractivity contribution is -0.119. The monoisotopic (exact) mass is 427 g/mol. The summed E-state index contributed by atoms with van der Waals surface area (Å²) in [6, 6.07) is 14.0. The van der Waals surface area contributed by atoms with Crippen molar-refractivity contribution in [2.24, 2.45) is 0 Å². The molecule has 0 aliphatic carbocycles. The number of rotatable bonds is 10. The molecule has 2 aromatic carbocycles. The Morgan fingerprint density at radius 1 is 0.900 bits per heavy atom. The Bertz CT molecular complexity index is 922. The number of hydrogen-bond acceptors (Lipinski definition) is 6. The highest BCUT2D eigenvalue weighted by Crippen LogP contribution is 2.39. The second kappa shape index (κ2) is 10.3. The number of amides is 2. The summed E-state index contributed by atoms with van der Waals surface area (Å²) in [5.74, 6) is 0.944. The molecule has 7 heteroatoms. The maximum atomic E-state index is 13.3. The molecular formula is C23H25NO5S. The van der Waals surface area contributed by atoms with Crippen LogP contribution in [0, 0.1) is 0 Å². The van der Waals surface area contributed by atoms with E-state index in [-0.39, 0.29) is 18.4 Å². The molecule has 0 spiro atoms.